The van der Waals surface area contributed by atoms with Crippen LogP contribution in [0.5, 0.6) is 0 Å². The predicted molar refractivity (Wildman–Crippen MR) is 213 cm³/mol. The van der Waals surface area contributed by atoms with Crippen molar-refractivity contribution < 1.29 is 4.42 Å². The highest BCUT2D eigenvalue weighted by atomic mass is 16.3. The van der Waals surface area contributed by atoms with Crippen molar-refractivity contribution in [3.8, 4) is 33.6 Å². The number of hydrogen-bond donors (Lipinski definition) is 0. The molecule has 0 saturated carbocycles. The molecule has 8 aromatic carbocycles. The average Bonchev–Trinajstić information content (AvgIpc) is 3.86. The van der Waals surface area contributed by atoms with Crippen LogP contribution in [-0.2, 0) is 0 Å². The molecule has 3 nitrogen and oxygen atoms in total. The Morgan fingerprint density at radius 2 is 0.961 bits per heavy atom. The second kappa shape index (κ2) is 10.8. The maximum Gasteiger partial charge on any atom is 0.135 e. The fourth-order valence-electron chi connectivity index (χ4n) is 8.40. The summed E-state index contributed by atoms with van der Waals surface area (Å²) in [5.74, 6) is 0. The minimum atomic E-state index is 0.898. The highest BCUT2D eigenvalue weighted by Gasteiger charge is 2.24. The van der Waals surface area contributed by atoms with Crippen molar-refractivity contribution in [2.24, 2.45) is 0 Å². The minimum Gasteiger partial charge on any atom is -0.456 e. The van der Waals surface area contributed by atoms with Crippen molar-refractivity contribution >= 4 is 65.6 Å². The topological polar surface area (TPSA) is 23.0 Å². The zero-order valence-corrected chi connectivity index (χ0v) is 27.6. The van der Waals surface area contributed by atoms with Gasteiger partial charge in [-0.15, -0.1) is 0 Å². The summed E-state index contributed by atoms with van der Waals surface area (Å²) < 4.78 is 11.2. The quantitative estimate of drug-likeness (QED) is 0.186. The van der Waals surface area contributed by atoms with Crippen LogP contribution in [0, 0.1) is 0 Å². The van der Waals surface area contributed by atoms with Crippen LogP contribution in [0.15, 0.2) is 186 Å². The molecule has 0 bridgehead atoms. The number of hydrogen-bond acceptors (Lipinski definition) is 1. The van der Waals surface area contributed by atoms with Crippen LogP contribution in [0.25, 0.3) is 99.2 Å². The van der Waals surface area contributed by atoms with Gasteiger partial charge in [0.15, 0.2) is 0 Å². The fraction of sp³-hybridized carbons (Fsp3) is 0. The monoisotopic (exact) mass is 650 g/mol. The van der Waals surface area contributed by atoms with Crippen LogP contribution in [0.4, 0.5) is 0 Å². The van der Waals surface area contributed by atoms with Crippen molar-refractivity contribution in [2.75, 3.05) is 0 Å². The molecule has 0 amide bonds. The Morgan fingerprint density at radius 1 is 0.353 bits per heavy atom. The molecular formula is C48H30N2O. The summed E-state index contributed by atoms with van der Waals surface area (Å²) >= 11 is 0. The zero-order valence-electron chi connectivity index (χ0n) is 27.6. The first-order chi connectivity index (χ1) is 25.3. The highest BCUT2D eigenvalue weighted by Crippen LogP contribution is 2.48. The van der Waals surface area contributed by atoms with Gasteiger partial charge in [0.05, 0.1) is 22.1 Å². The summed E-state index contributed by atoms with van der Waals surface area (Å²) in [6.07, 6.45) is 0. The molecule has 0 radical (unpaired) electrons. The van der Waals surface area contributed by atoms with E-state index in [0.717, 1.165) is 38.9 Å². The second-order valence-corrected chi connectivity index (χ2v) is 13.3. The van der Waals surface area contributed by atoms with Gasteiger partial charge >= 0.3 is 0 Å². The number of para-hydroxylation sites is 6. The van der Waals surface area contributed by atoms with Gasteiger partial charge in [-0.25, -0.2) is 0 Å². The van der Waals surface area contributed by atoms with E-state index in [1.165, 1.54) is 60.3 Å². The number of furan rings is 1. The molecule has 0 fully saturated rings. The first-order valence-electron chi connectivity index (χ1n) is 17.4. The molecule has 0 aliphatic rings. The predicted octanol–water partition coefficient (Wildman–Crippen LogP) is 13.1. The number of fused-ring (bicyclic) bond motifs is 9. The van der Waals surface area contributed by atoms with Crippen LogP contribution in [-0.4, -0.2) is 9.13 Å². The standard InChI is InChI=1S/C48H30N2O/c1-3-14-32(15-4-1)49-42-24-11-8-20-38(42)47-43(49)28-27-34(31-26-29-45-40(30-31)36-19-9-12-25-44(36)51-45)46(47)39-22-13-21-37-35-18-7-10-23-41(35)50(48(37)39)33-16-5-2-6-17-33/h1-30H. The number of nitrogens with zero attached hydrogens (tertiary/aromatic N) is 2. The number of aromatic nitrogens is 2. The van der Waals surface area contributed by atoms with Crippen molar-refractivity contribution in [3.63, 3.8) is 0 Å². The molecular weight excluding hydrogens is 621 g/mol. The Labute approximate surface area is 293 Å². The molecule has 51 heavy (non-hydrogen) atoms. The van der Waals surface area contributed by atoms with E-state index in [-0.39, 0.29) is 0 Å². The summed E-state index contributed by atoms with van der Waals surface area (Å²) in [7, 11) is 0. The molecule has 11 aromatic rings. The SMILES string of the molecule is c1ccc(-n2c3ccccc3c3c(-c4cccc5c6ccccc6n(-c6ccccc6)c45)c(-c4ccc5oc6ccccc6c5c4)ccc32)cc1. The van der Waals surface area contributed by atoms with E-state index in [0.29, 0.717) is 0 Å². The lowest BCUT2D eigenvalue weighted by Crippen LogP contribution is -1.97. The number of rotatable bonds is 4. The largest absolute Gasteiger partial charge is 0.456 e. The van der Waals surface area contributed by atoms with Gasteiger partial charge < -0.3 is 13.6 Å². The first kappa shape index (κ1) is 28.0. The van der Waals surface area contributed by atoms with Gasteiger partial charge in [0.25, 0.3) is 0 Å². The van der Waals surface area contributed by atoms with Crippen LogP contribution in [0.1, 0.15) is 0 Å². The third-order valence-corrected chi connectivity index (χ3v) is 10.5. The average molecular weight is 651 g/mol. The molecule has 3 aromatic heterocycles. The highest BCUT2D eigenvalue weighted by molar-refractivity contribution is 6.23. The normalized spacial score (nSPS) is 11.9. The fourth-order valence-corrected chi connectivity index (χ4v) is 8.40. The maximum absolute atomic E-state index is 6.29. The molecule has 0 N–H and O–H groups in total. The first-order valence-corrected chi connectivity index (χ1v) is 17.4. The van der Waals surface area contributed by atoms with Gasteiger partial charge in [-0.3, -0.25) is 0 Å². The molecule has 3 heterocycles. The molecule has 0 aliphatic heterocycles. The van der Waals surface area contributed by atoms with Crippen LogP contribution in [0.2, 0.25) is 0 Å². The van der Waals surface area contributed by atoms with Crippen LogP contribution < -0.4 is 0 Å². The van der Waals surface area contributed by atoms with E-state index in [1.54, 1.807) is 0 Å². The minimum absolute atomic E-state index is 0.898. The Morgan fingerprint density at radius 3 is 1.75 bits per heavy atom. The molecule has 0 atom stereocenters. The Hall–Kier alpha value is -6.84. The molecule has 0 saturated heterocycles. The zero-order chi connectivity index (χ0) is 33.5. The lowest BCUT2D eigenvalue weighted by Gasteiger charge is -2.17. The molecule has 238 valence electrons. The van der Waals surface area contributed by atoms with E-state index >= 15 is 0 Å². The summed E-state index contributed by atoms with van der Waals surface area (Å²) in [6.45, 7) is 0. The van der Waals surface area contributed by atoms with Crippen molar-refractivity contribution in [1.29, 1.82) is 0 Å². The maximum atomic E-state index is 6.29. The lowest BCUT2D eigenvalue weighted by atomic mass is 9.89. The van der Waals surface area contributed by atoms with Gasteiger partial charge in [-0.2, -0.15) is 0 Å². The van der Waals surface area contributed by atoms with Gasteiger partial charge in [-0.1, -0.05) is 121 Å². The summed E-state index contributed by atoms with van der Waals surface area (Å²) in [6, 6.07) is 65.6. The number of benzene rings is 8. The Balaban J connectivity index is 1.34. The third-order valence-electron chi connectivity index (χ3n) is 10.5. The summed E-state index contributed by atoms with van der Waals surface area (Å²) in [5, 5.41) is 7.19. The molecule has 0 aliphatic carbocycles. The van der Waals surface area contributed by atoms with Gasteiger partial charge in [0.2, 0.25) is 0 Å². The lowest BCUT2D eigenvalue weighted by molar-refractivity contribution is 0.669. The van der Waals surface area contributed by atoms with Crippen molar-refractivity contribution in [2.45, 2.75) is 0 Å². The van der Waals surface area contributed by atoms with E-state index in [2.05, 4.69) is 179 Å². The Kier molecular flexibility index (Phi) is 5.96. The third kappa shape index (κ3) is 4.06. The molecule has 0 unspecified atom stereocenters. The van der Waals surface area contributed by atoms with Crippen LogP contribution in [0.3, 0.4) is 0 Å². The van der Waals surface area contributed by atoms with Gasteiger partial charge in [-0.05, 0) is 71.8 Å². The van der Waals surface area contributed by atoms with Gasteiger partial charge in [0, 0.05) is 54.8 Å². The summed E-state index contributed by atoms with van der Waals surface area (Å²) in [5.41, 5.74) is 13.6. The summed E-state index contributed by atoms with van der Waals surface area (Å²) in [4.78, 5) is 0. The Bertz CT molecular complexity index is 3130. The van der Waals surface area contributed by atoms with E-state index in [9.17, 15) is 0 Å². The molecule has 11 rings (SSSR count). The van der Waals surface area contributed by atoms with E-state index < -0.39 is 0 Å². The van der Waals surface area contributed by atoms with Crippen LogP contribution >= 0.6 is 0 Å². The molecule has 0 spiro atoms. The van der Waals surface area contributed by atoms with Gasteiger partial charge in [0.1, 0.15) is 11.2 Å². The smallest absolute Gasteiger partial charge is 0.135 e. The second-order valence-electron chi connectivity index (χ2n) is 13.3. The molecule has 3 heteroatoms. The van der Waals surface area contributed by atoms with E-state index in [1.807, 2.05) is 12.1 Å². The van der Waals surface area contributed by atoms with Crippen molar-refractivity contribution in [3.05, 3.63) is 182 Å². The van der Waals surface area contributed by atoms with Crippen molar-refractivity contribution in [1.82, 2.24) is 9.13 Å². The van der Waals surface area contributed by atoms with E-state index in [4.69, 9.17) is 4.42 Å².